The number of hydrogen-bond donors (Lipinski definition) is 0. The Morgan fingerprint density at radius 2 is 2.56 bits per heavy atom. The van der Waals surface area contributed by atoms with Crippen LogP contribution in [0.15, 0.2) is 23.3 Å². The third-order valence-electron chi connectivity index (χ3n) is 0.792. The van der Waals surface area contributed by atoms with Crippen LogP contribution in [0.4, 0.5) is 0 Å². The number of rotatable bonds is 0. The van der Waals surface area contributed by atoms with Crippen LogP contribution in [0.1, 0.15) is 0 Å². The van der Waals surface area contributed by atoms with Crippen LogP contribution in [-0.2, 0) is 0 Å². The van der Waals surface area contributed by atoms with E-state index in [2.05, 4.69) is 5.10 Å². The van der Waals surface area contributed by atoms with Crippen LogP contribution < -0.4 is 5.43 Å². The van der Waals surface area contributed by atoms with Crippen LogP contribution in [0.2, 0.25) is 0 Å². The van der Waals surface area contributed by atoms with Gasteiger partial charge < -0.3 is 0 Å². The standard InChI is InChI=1S/C5H3N3O/c6-4-8-2-1-5(9)3-7-8/h1-3H. The summed E-state index contributed by atoms with van der Waals surface area (Å²) >= 11 is 0. The molecule has 0 amide bonds. The summed E-state index contributed by atoms with van der Waals surface area (Å²) in [5.41, 5.74) is -0.193. The van der Waals surface area contributed by atoms with Crippen molar-refractivity contribution in [1.29, 1.82) is 5.26 Å². The zero-order chi connectivity index (χ0) is 6.69. The minimum atomic E-state index is -0.193. The van der Waals surface area contributed by atoms with Gasteiger partial charge in [0.25, 0.3) is 0 Å². The summed E-state index contributed by atoms with van der Waals surface area (Å²) < 4.78 is 1.00. The fraction of sp³-hybridized carbons (Fsp3) is 0. The van der Waals surface area contributed by atoms with Crippen LogP contribution in [-0.4, -0.2) is 9.78 Å². The molecular weight excluding hydrogens is 118 g/mol. The minimum absolute atomic E-state index is 0.193. The zero-order valence-electron chi connectivity index (χ0n) is 4.48. The lowest BCUT2D eigenvalue weighted by molar-refractivity contribution is 0.851. The SMILES string of the molecule is N#Cn1ccc(=O)cn1. The molecule has 0 atom stereocenters. The Kier molecular flexibility index (Phi) is 1.28. The van der Waals surface area contributed by atoms with Crippen LogP contribution in [0, 0.1) is 11.5 Å². The third kappa shape index (κ3) is 1.13. The van der Waals surface area contributed by atoms with Gasteiger partial charge in [-0.1, -0.05) is 0 Å². The number of aromatic nitrogens is 2. The molecule has 0 spiro atoms. The van der Waals surface area contributed by atoms with Crippen molar-refractivity contribution in [3.8, 4) is 6.19 Å². The molecule has 1 rings (SSSR count). The molecule has 0 bridgehead atoms. The van der Waals surface area contributed by atoms with Crippen molar-refractivity contribution in [2.45, 2.75) is 0 Å². The Morgan fingerprint density at radius 3 is 3.00 bits per heavy atom. The molecule has 0 saturated carbocycles. The van der Waals surface area contributed by atoms with Crippen molar-refractivity contribution in [2.75, 3.05) is 0 Å². The smallest absolute Gasteiger partial charge is 0.206 e. The summed E-state index contributed by atoms with van der Waals surface area (Å²) in [5.74, 6) is 0. The van der Waals surface area contributed by atoms with Crippen molar-refractivity contribution in [2.24, 2.45) is 0 Å². The van der Waals surface area contributed by atoms with E-state index in [9.17, 15) is 4.79 Å². The first kappa shape index (κ1) is 5.51. The largest absolute Gasteiger partial charge is 0.288 e. The quantitative estimate of drug-likeness (QED) is 0.468. The number of nitrogens with zero attached hydrogens (tertiary/aromatic N) is 3. The van der Waals surface area contributed by atoms with E-state index in [1.54, 1.807) is 6.19 Å². The summed E-state index contributed by atoms with van der Waals surface area (Å²) in [4.78, 5) is 10.4. The fourth-order valence-electron chi connectivity index (χ4n) is 0.404. The highest BCUT2D eigenvalue weighted by Crippen LogP contribution is 1.69. The summed E-state index contributed by atoms with van der Waals surface area (Å²) in [7, 11) is 0. The van der Waals surface area contributed by atoms with Crippen molar-refractivity contribution >= 4 is 0 Å². The van der Waals surface area contributed by atoms with Gasteiger partial charge in [-0.2, -0.15) is 15.0 Å². The second kappa shape index (κ2) is 2.09. The predicted molar refractivity (Wildman–Crippen MR) is 29.5 cm³/mol. The predicted octanol–water partition coefficient (Wildman–Crippen LogP) is -0.428. The monoisotopic (exact) mass is 121 g/mol. The highest BCUT2D eigenvalue weighted by atomic mass is 16.1. The molecule has 0 fully saturated rings. The lowest BCUT2D eigenvalue weighted by Crippen LogP contribution is -2.03. The minimum Gasteiger partial charge on any atom is -0.288 e. The van der Waals surface area contributed by atoms with Gasteiger partial charge in [0.15, 0.2) is 5.43 Å². The maximum absolute atomic E-state index is 10.4. The van der Waals surface area contributed by atoms with E-state index in [0.29, 0.717) is 0 Å². The van der Waals surface area contributed by atoms with Gasteiger partial charge in [-0.15, -0.1) is 0 Å². The van der Waals surface area contributed by atoms with Crippen molar-refractivity contribution in [1.82, 2.24) is 9.78 Å². The van der Waals surface area contributed by atoms with Crippen molar-refractivity contribution in [3.63, 3.8) is 0 Å². The first-order valence-electron chi connectivity index (χ1n) is 2.28. The molecule has 1 aromatic heterocycles. The van der Waals surface area contributed by atoms with E-state index in [1.165, 1.54) is 12.3 Å². The molecule has 0 aliphatic rings. The van der Waals surface area contributed by atoms with Gasteiger partial charge in [0.1, 0.15) is 0 Å². The maximum atomic E-state index is 10.4. The van der Waals surface area contributed by atoms with Crippen LogP contribution in [0.3, 0.4) is 0 Å². The normalized spacial score (nSPS) is 8.33. The molecule has 4 nitrogen and oxygen atoms in total. The molecule has 0 aliphatic heterocycles. The van der Waals surface area contributed by atoms with Crippen LogP contribution in [0.5, 0.6) is 0 Å². The molecule has 0 N–H and O–H groups in total. The van der Waals surface area contributed by atoms with E-state index >= 15 is 0 Å². The van der Waals surface area contributed by atoms with Gasteiger partial charge >= 0.3 is 0 Å². The Bertz CT molecular complexity index is 275. The van der Waals surface area contributed by atoms with Gasteiger partial charge in [-0.3, -0.25) is 4.79 Å². The molecule has 44 valence electrons. The summed E-state index contributed by atoms with van der Waals surface area (Å²) in [6.45, 7) is 0. The maximum Gasteiger partial charge on any atom is 0.206 e. The Labute approximate surface area is 51.0 Å². The Morgan fingerprint density at radius 1 is 1.78 bits per heavy atom. The van der Waals surface area contributed by atoms with Gasteiger partial charge in [0.05, 0.1) is 6.20 Å². The highest BCUT2D eigenvalue weighted by molar-refractivity contribution is 4.89. The van der Waals surface area contributed by atoms with Crippen LogP contribution >= 0.6 is 0 Å². The summed E-state index contributed by atoms with van der Waals surface area (Å²) in [6, 6.07) is 1.27. The molecule has 0 aromatic carbocycles. The summed E-state index contributed by atoms with van der Waals surface area (Å²) in [5, 5.41) is 11.6. The Hall–Kier alpha value is -1.63. The van der Waals surface area contributed by atoms with E-state index in [1.807, 2.05) is 0 Å². The van der Waals surface area contributed by atoms with Gasteiger partial charge in [-0.05, 0) is 0 Å². The van der Waals surface area contributed by atoms with Gasteiger partial charge in [-0.25, -0.2) is 0 Å². The first-order valence-corrected chi connectivity index (χ1v) is 2.28. The highest BCUT2D eigenvalue weighted by Gasteiger charge is 1.82. The number of hydrogen-bond acceptors (Lipinski definition) is 3. The number of nitriles is 1. The topological polar surface area (TPSA) is 58.7 Å². The Balaban J connectivity index is 3.21. The average Bonchev–Trinajstić information content (AvgIpc) is 1.90. The molecular formula is C5H3N3O. The average molecular weight is 121 g/mol. The molecule has 4 heteroatoms. The second-order valence-electron chi connectivity index (χ2n) is 1.41. The molecule has 0 aliphatic carbocycles. The molecule has 1 aromatic rings. The molecule has 0 unspecified atom stereocenters. The molecule has 1 heterocycles. The van der Waals surface area contributed by atoms with Crippen molar-refractivity contribution < 1.29 is 0 Å². The van der Waals surface area contributed by atoms with Gasteiger partial charge in [0.2, 0.25) is 6.19 Å². The lowest BCUT2D eigenvalue weighted by Gasteiger charge is -1.84. The first-order chi connectivity index (χ1) is 4.33. The lowest BCUT2D eigenvalue weighted by atomic mass is 10.6. The molecule has 9 heavy (non-hydrogen) atoms. The molecule has 0 radical (unpaired) electrons. The van der Waals surface area contributed by atoms with E-state index in [4.69, 9.17) is 5.26 Å². The van der Waals surface area contributed by atoms with E-state index in [0.717, 1.165) is 10.9 Å². The van der Waals surface area contributed by atoms with E-state index < -0.39 is 0 Å². The van der Waals surface area contributed by atoms with Gasteiger partial charge in [0, 0.05) is 12.3 Å². The fourth-order valence-corrected chi connectivity index (χ4v) is 0.404. The zero-order valence-corrected chi connectivity index (χ0v) is 4.48. The summed E-state index contributed by atoms with van der Waals surface area (Å²) in [6.07, 6.45) is 4.12. The van der Waals surface area contributed by atoms with Crippen molar-refractivity contribution in [3.05, 3.63) is 28.7 Å². The third-order valence-corrected chi connectivity index (χ3v) is 0.792. The van der Waals surface area contributed by atoms with E-state index in [-0.39, 0.29) is 5.43 Å². The second-order valence-corrected chi connectivity index (χ2v) is 1.41. The molecule has 0 saturated heterocycles. The van der Waals surface area contributed by atoms with Crippen LogP contribution in [0.25, 0.3) is 0 Å².